The summed E-state index contributed by atoms with van der Waals surface area (Å²) in [6, 6.07) is 3.38. The molecule has 0 radical (unpaired) electrons. The first-order valence-electron chi connectivity index (χ1n) is 8.20. The Kier molecular flexibility index (Phi) is 5.92. The minimum atomic E-state index is -3.61. The van der Waals surface area contributed by atoms with Crippen LogP contribution < -0.4 is 9.47 Å². The number of sulfonamides is 1. The lowest BCUT2D eigenvalue weighted by molar-refractivity contribution is 0.260. The van der Waals surface area contributed by atoms with Crippen LogP contribution in [-0.2, 0) is 10.0 Å². The SMILES string of the molecule is CCN(C1CCCCC1)S(=O)(=O)c1cc(OC)c(C)cc1OC. The van der Waals surface area contributed by atoms with Gasteiger partial charge < -0.3 is 9.47 Å². The summed E-state index contributed by atoms with van der Waals surface area (Å²) >= 11 is 0. The summed E-state index contributed by atoms with van der Waals surface area (Å²) in [5.74, 6) is 0.932. The zero-order valence-electron chi connectivity index (χ0n) is 14.5. The summed E-state index contributed by atoms with van der Waals surface area (Å²) in [6.07, 6.45) is 5.22. The van der Waals surface area contributed by atoms with Crippen molar-refractivity contribution in [2.24, 2.45) is 0 Å². The minimum absolute atomic E-state index is 0.0794. The number of ether oxygens (including phenoxy) is 2. The third-order valence-electron chi connectivity index (χ3n) is 4.56. The first kappa shape index (κ1) is 18.1. The summed E-state index contributed by atoms with van der Waals surface area (Å²) in [7, 11) is -0.572. The van der Waals surface area contributed by atoms with Gasteiger partial charge in [0.05, 0.1) is 14.2 Å². The Labute approximate surface area is 139 Å². The Morgan fingerprint density at radius 1 is 1.09 bits per heavy atom. The molecule has 1 aromatic carbocycles. The number of nitrogens with zero attached hydrogens (tertiary/aromatic N) is 1. The molecule has 0 aliphatic heterocycles. The first-order valence-corrected chi connectivity index (χ1v) is 9.64. The van der Waals surface area contributed by atoms with Gasteiger partial charge in [-0.3, -0.25) is 0 Å². The van der Waals surface area contributed by atoms with E-state index in [4.69, 9.17) is 9.47 Å². The highest BCUT2D eigenvalue weighted by Gasteiger charge is 2.33. The Morgan fingerprint density at radius 2 is 1.70 bits per heavy atom. The van der Waals surface area contributed by atoms with Crippen LogP contribution in [0.2, 0.25) is 0 Å². The monoisotopic (exact) mass is 341 g/mol. The molecule has 0 bridgehead atoms. The van der Waals surface area contributed by atoms with Gasteiger partial charge in [0.15, 0.2) is 0 Å². The molecule has 0 amide bonds. The molecule has 1 aliphatic carbocycles. The number of hydrogen-bond acceptors (Lipinski definition) is 4. The van der Waals surface area contributed by atoms with Crippen LogP contribution in [-0.4, -0.2) is 39.5 Å². The van der Waals surface area contributed by atoms with E-state index in [1.165, 1.54) is 13.5 Å². The molecule has 0 unspecified atom stereocenters. The molecule has 1 saturated carbocycles. The molecule has 2 rings (SSSR count). The van der Waals surface area contributed by atoms with Crippen LogP contribution in [0.15, 0.2) is 17.0 Å². The molecule has 1 fully saturated rings. The second-order valence-corrected chi connectivity index (χ2v) is 7.83. The summed E-state index contributed by atoms with van der Waals surface area (Å²) in [4.78, 5) is 0.190. The molecule has 0 aromatic heterocycles. The lowest BCUT2D eigenvalue weighted by atomic mass is 9.95. The molecular formula is C17H27NO4S. The summed E-state index contributed by atoms with van der Waals surface area (Å²) in [6.45, 7) is 4.23. The van der Waals surface area contributed by atoms with Gasteiger partial charge in [0.1, 0.15) is 16.4 Å². The van der Waals surface area contributed by atoms with Crippen molar-refractivity contribution in [3.05, 3.63) is 17.7 Å². The number of methoxy groups -OCH3 is 2. The van der Waals surface area contributed by atoms with Crippen LogP contribution in [0.5, 0.6) is 11.5 Å². The molecule has 0 N–H and O–H groups in total. The third-order valence-corrected chi connectivity index (χ3v) is 6.61. The van der Waals surface area contributed by atoms with E-state index in [2.05, 4.69) is 0 Å². The molecule has 5 nitrogen and oxygen atoms in total. The Bertz CT molecular complexity index is 636. The van der Waals surface area contributed by atoms with Gasteiger partial charge in [-0.05, 0) is 31.4 Å². The van der Waals surface area contributed by atoms with Crippen molar-refractivity contribution in [3.8, 4) is 11.5 Å². The van der Waals surface area contributed by atoms with E-state index in [0.717, 1.165) is 31.2 Å². The Hall–Kier alpha value is -1.27. The molecule has 1 aromatic rings. The highest BCUT2D eigenvalue weighted by molar-refractivity contribution is 7.89. The molecule has 23 heavy (non-hydrogen) atoms. The minimum Gasteiger partial charge on any atom is -0.496 e. The summed E-state index contributed by atoms with van der Waals surface area (Å²) in [5.41, 5.74) is 0.851. The van der Waals surface area contributed by atoms with Crippen LogP contribution in [0.3, 0.4) is 0 Å². The highest BCUT2D eigenvalue weighted by atomic mass is 32.2. The molecule has 130 valence electrons. The van der Waals surface area contributed by atoms with Gasteiger partial charge in [0.25, 0.3) is 0 Å². The average molecular weight is 341 g/mol. The molecule has 0 spiro atoms. The zero-order chi connectivity index (χ0) is 17.0. The zero-order valence-corrected chi connectivity index (χ0v) is 15.3. The van der Waals surface area contributed by atoms with Gasteiger partial charge in [-0.2, -0.15) is 4.31 Å². The van der Waals surface area contributed by atoms with Gasteiger partial charge in [0.2, 0.25) is 10.0 Å². The van der Waals surface area contributed by atoms with Crippen LogP contribution in [0, 0.1) is 6.92 Å². The van der Waals surface area contributed by atoms with Crippen molar-refractivity contribution in [1.29, 1.82) is 0 Å². The summed E-state index contributed by atoms with van der Waals surface area (Å²) < 4.78 is 38.7. The van der Waals surface area contributed by atoms with Gasteiger partial charge in [-0.25, -0.2) is 8.42 Å². The van der Waals surface area contributed by atoms with E-state index in [-0.39, 0.29) is 10.9 Å². The topological polar surface area (TPSA) is 55.8 Å². The van der Waals surface area contributed by atoms with Crippen molar-refractivity contribution in [1.82, 2.24) is 4.31 Å². The third kappa shape index (κ3) is 3.63. The van der Waals surface area contributed by atoms with Gasteiger partial charge in [-0.15, -0.1) is 0 Å². The van der Waals surface area contributed by atoms with Crippen LogP contribution in [0.1, 0.15) is 44.6 Å². The normalized spacial score (nSPS) is 16.6. The predicted molar refractivity (Wildman–Crippen MR) is 90.7 cm³/mol. The number of benzene rings is 1. The van der Waals surface area contributed by atoms with Crippen molar-refractivity contribution in [2.45, 2.75) is 56.9 Å². The van der Waals surface area contributed by atoms with E-state index in [9.17, 15) is 8.42 Å². The maximum atomic E-state index is 13.2. The average Bonchev–Trinajstić information content (AvgIpc) is 2.55. The molecule has 1 aliphatic rings. The lowest BCUT2D eigenvalue weighted by Gasteiger charge is -2.33. The Morgan fingerprint density at radius 3 is 2.22 bits per heavy atom. The fraction of sp³-hybridized carbons (Fsp3) is 0.647. The molecule has 0 atom stereocenters. The van der Waals surface area contributed by atoms with Crippen molar-refractivity contribution >= 4 is 10.0 Å². The van der Waals surface area contributed by atoms with E-state index < -0.39 is 10.0 Å². The van der Waals surface area contributed by atoms with Crippen LogP contribution in [0.4, 0.5) is 0 Å². The maximum Gasteiger partial charge on any atom is 0.247 e. The van der Waals surface area contributed by atoms with E-state index in [1.807, 2.05) is 13.8 Å². The van der Waals surface area contributed by atoms with Crippen molar-refractivity contribution in [2.75, 3.05) is 20.8 Å². The van der Waals surface area contributed by atoms with Gasteiger partial charge in [0, 0.05) is 18.7 Å². The second-order valence-electron chi connectivity index (χ2n) is 5.97. The summed E-state index contributed by atoms with van der Waals surface area (Å²) in [5, 5.41) is 0. The van der Waals surface area contributed by atoms with Crippen LogP contribution >= 0.6 is 0 Å². The second kappa shape index (κ2) is 7.53. The first-order chi connectivity index (χ1) is 11.0. The molecule has 0 saturated heterocycles. The lowest BCUT2D eigenvalue weighted by Crippen LogP contribution is -2.41. The molecular weight excluding hydrogens is 314 g/mol. The maximum absolute atomic E-state index is 13.2. The fourth-order valence-electron chi connectivity index (χ4n) is 3.34. The molecule has 0 heterocycles. The number of rotatable bonds is 6. The largest absolute Gasteiger partial charge is 0.496 e. The molecule has 6 heteroatoms. The number of aryl methyl sites for hydroxylation is 1. The van der Waals surface area contributed by atoms with Gasteiger partial charge >= 0.3 is 0 Å². The number of hydrogen-bond donors (Lipinski definition) is 0. The highest BCUT2D eigenvalue weighted by Crippen LogP contribution is 2.35. The predicted octanol–water partition coefficient (Wildman–Crippen LogP) is 3.36. The van der Waals surface area contributed by atoms with E-state index in [0.29, 0.717) is 18.0 Å². The quantitative estimate of drug-likeness (QED) is 0.796. The fourth-order valence-corrected chi connectivity index (χ4v) is 5.19. The Balaban J connectivity index is 2.48. The standard InChI is InChI=1S/C17H27NO4S/c1-5-18(14-9-7-6-8-10-14)23(19,20)17-12-15(21-3)13(2)11-16(17)22-4/h11-12,14H,5-10H2,1-4H3. The van der Waals surface area contributed by atoms with Crippen molar-refractivity contribution in [3.63, 3.8) is 0 Å². The smallest absolute Gasteiger partial charge is 0.247 e. The van der Waals surface area contributed by atoms with Crippen molar-refractivity contribution < 1.29 is 17.9 Å². The van der Waals surface area contributed by atoms with Crippen LogP contribution in [0.25, 0.3) is 0 Å². The van der Waals surface area contributed by atoms with Gasteiger partial charge in [-0.1, -0.05) is 26.2 Å². The van der Waals surface area contributed by atoms with E-state index in [1.54, 1.807) is 23.5 Å². The van der Waals surface area contributed by atoms with E-state index >= 15 is 0 Å².